The summed E-state index contributed by atoms with van der Waals surface area (Å²) in [5.41, 5.74) is 1.80. The van der Waals surface area contributed by atoms with Gasteiger partial charge in [-0.2, -0.15) is 0 Å². The largest absolute Gasteiger partial charge is 0.497 e. The van der Waals surface area contributed by atoms with Gasteiger partial charge in [0.15, 0.2) is 0 Å². The van der Waals surface area contributed by atoms with Crippen LogP contribution in [0.4, 0.5) is 0 Å². The van der Waals surface area contributed by atoms with Crippen molar-refractivity contribution in [3.8, 4) is 0 Å². The molecule has 0 aromatic rings. The third-order valence-corrected chi connectivity index (χ3v) is 2.37. The molecule has 20 heavy (non-hydrogen) atoms. The van der Waals surface area contributed by atoms with Crippen LogP contribution in [0.1, 0.15) is 0 Å². The molecule has 0 saturated heterocycles. The Bertz CT molecular complexity index is 585. The lowest BCUT2D eigenvalue weighted by atomic mass is 10.2. The van der Waals surface area contributed by atoms with Gasteiger partial charge < -0.3 is 4.74 Å². The van der Waals surface area contributed by atoms with Crippen LogP contribution in [0.5, 0.6) is 0 Å². The maximum Gasteiger partial charge on any atom is 0.116 e. The lowest BCUT2D eigenvalue weighted by Gasteiger charge is -1.93. The van der Waals surface area contributed by atoms with Gasteiger partial charge in [0.25, 0.3) is 0 Å². The average molecular weight is 265 g/mol. The van der Waals surface area contributed by atoms with E-state index in [1.54, 1.807) is 37.0 Å². The van der Waals surface area contributed by atoms with Gasteiger partial charge in [0, 0.05) is 24.2 Å². The molecule has 0 bridgehead atoms. The van der Waals surface area contributed by atoms with Gasteiger partial charge in [-0.15, -0.1) is 0 Å². The van der Waals surface area contributed by atoms with Crippen molar-refractivity contribution < 1.29 is 4.74 Å². The first-order chi connectivity index (χ1) is 9.97. The monoisotopic (exact) mass is 265 g/mol. The molecule has 0 atom stereocenters. The predicted molar refractivity (Wildman–Crippen MR) is 84.2 cm³/mol. The van der Waals surface area contributed by atoms with Crippen LogP contribution < -0.4 is 0 Å². The van der Waals surface area contributed by atoms with Crippen molar-refractivity contribution in [2.24, 2.45) is 15.0 Å². The summed E-state index contributed by atoms with van der Waals surface area (Å²) in [4.78, 5) is 12.5. The lowest BCUT2D eigenvalue weighted by Crippen LogP contribution is -1.97. The van der Waals surface area contributed by atoms with Gasteiger partial charge in [0.1, 0.15) is 12.9 Å². The van der Waals surface area contributed by atoms with Gasteiger partial charge in [0.2, 0.25) is 0 Å². The van der Waals surface area contributed by atoms with Crippen molar-refractivity contribution in [3.05, 3.63) is 72.8 Å². The molecule has 0 unspecified atom stereocenters. The zero-order valence-electron chi connectivity index (χ0n) is 11.0. The summed E-state index contributed by atoms with van der Waals surface area (Å²) in [7, 11) is 0. The maximum atomic E-state index is 5.24. The fraction of sp³-hybridized carbons (Fsp3) is 0.0625. The highest BCUT2D eigenvalue weighted by atomic mass is 16.5. The SMILES string of the molecule is C1=CC2=NC=N/C=C\C=C/CO/C=C\C=C/N=CC2=C1. The van der Waals surface area contributed by atoms with Crippen molar-refractivity contribution in [2.45, 2.75) is 0 Å². The molecule has 0 spiro atoms. The average Bonchev–Trinajstić information content (AvgIpc) is 2.90. The number of hydrogen-bond donors (Lipinski definition) is 0. The minimum atomic E-state index is 0.516. The van der Waals surface area contributed by atoms with Crippen LogP contribution in [0.25, 0.3) is 0 Å². The normalized spacial score (nSPS) is 24.8. The van der Waals surface area contributed by atoms with Crippen LogP contribution >= 0.6 is 0 Å². The van der Waals surface area contributed by atoms with E-state index in [4.69, 9.17) is 4.74 Å². The van der Waals surface area contributed by atoms with Gasteiger partial charge in [-0.1, -0.05) is 18.2 Å². The van der Waals surface area contributed by atoms with E-state index in [0.29, 0.717) is 6.61 Å². The van der Waals surface area contributed by atoms with E-state index in [2.05, 4.69) is 15.0 Å². The van der Waals surface area contributed by atoms with Gasteiger partial charge in [0.05, 0.1) is 12.0 Å². The Balaban J connectivity index is 2.13. The van der Waals surface area contributed by atoms with Crippen molar-refractivity contribution in [2.75, 3.05) is 6.61 Å². The van der Waals surface area contributed by atoms with E-state index in [1.807, 2.05) is 36.5 Å². The first-order valence-corrected chi connectivity index (χ1v) is 6.23. The van der Waals surface area contributed by atoms with Crippen LogP contribution in [-0.4, -0.2) is 24.9 Å². The highest BCUT2D eigenvalue weighted by Gasteiger charge is 2.03. The fourth-order valence-electron chi connectivity index (χ4n) is 1.45. The topological polar surface area (TPSA) is 46.3 Å². The molecule has 2 rings (SSSR count). The van der Waals surface area contributed by atoms with Crippen molar-refractivity contribution in [3.63, 3.8) is 0 Å². The molecule has 0 fully saturated rings. The van der Waals surface area contributed by atoms with Crippen LogP contribution in [0, 0.1) is 0 Å². The molecule has 4 heteroatoms. The van der Waals surface area contributed by atoms with E-state index in [0.717, 1.165) is 11.3 Å². The molecule has 4 nitrogen and oxygen atoms in total. The smallest absolute Gasteiger partial charge is 0.116 e. The standard InChI is InChI=1S/C16H15N3O/c1-2-10-18-14-19-16-8-6-7-15(16)13-17-9-3-5-12-20-11-4-1/h1-10,12-14H,11H2/b4-1-,9-3-,10-2-,12-5-,17-13?,18-14?,19-16?. The van der Waals surface area contributed by atoms with Crippen molar-refractivity contribution in [1.82, 2.24) is 0 Å². The minimum absolute atomic E-state index is 0.516. The summed E-state index contributed by atoms with van der Waals surface area (Å²) in [6.45, 7) is 0.516. The van der Waals surface area contributed by atoms with Crippen LogP contribution in [0.2, 0.25) is 0 Å². The zero-order chi connectivity index (χ0) is 13.9. The van der Waals surface area contributed by atoms with Crippen LogP contribution in [-0.2, 0) is 4.74 Å². The zero-order valence-corrected chi connectivity index (χ0v) is 11.0. The number of rotatable bonds is 0. The van der Waals surface area contributed by atoms with Gasteiger partial charge in [-0.25, -0.2) is 9.98 Å². The molecule has 0 amide bonds. The summed E-state index contributed by atoms with van der Waals surface area (Å²) >= 11 is 0. The van der Waals surface area contributed by atoms with E-state index in [9.17, 15) is 0 Å². The molecule has 2 aliphatic rings. The van der Waals surface area contributed by atoms with Gasteiger partial charge >= 0.3 is 0 Å². The third-order valence-electron chi connectivity index (χ3n) is 2.37. The first kappa shape index (κ1) is 13.7. The molecule has 1 heterocycles. The Hall–Kier alpha value is -2.75. The number of fused-ring (bicyclic) bond motifs is 1. The highest BCUT2D eigenvalue weighted by Crippen LogP contribution is 2.06. The number of hydrogen-bond acceptors (Lipinski definition) is 4. The summed E-state index contributed by atoms with van der Waals surface area (Å²) in [6.07, 6.45) is 23.3. The van der Waals surface area contributed by atoms with E-state index < -0.39 is 0 Å². The Morgan fingerprint density at radius 1 is 0.950 bits per heavy atom. The van der Waals surface area contributed by atoms with Gasteiger partial charge in [-0.3, -0.25) is 4.99 Å². The second kappa shape index (κ2) is 8.37. The molecule has 0 aromatic heterocycles. The number of nitrogens with zero attached hydrogens (tertiary/aromatic N) is 3. The molecule has 0 N–H and O–H groups in total. The molecular formula is C16H15N3O. The van der Waals surface area contributed by atoms with Gasteiger partial charge in [-0.05, 0) is 30.4 Å². The summed E-state index contributed by atoms with van der Waals surface area (Å²) < 4.78 is 5.24. The molecule has 1 aliphatic carbocycles. The van der Waals surface area contributed by atoms with E-state index >= 15 is 0 Å². The minimum Gasteiger partial charge on any atom is -0.497 e. The van der Waals surface area contributed by atoms with E-state index in [1.165, 1.54) is 6.34 Å². The van der Waals surface area contributed by atoms with E-state index in [-0.39, 0.29) is 0 Å². The Labute approximate surface area is 118 Å². The summed E-state index contributed by atoms with van der Waals surface area (Å²) in [6, 6.07) is 0. The van der Waals surface area contributed by atoms with Crippen molar-refractivity contribution >= 4 is 18.3 Å². The Kier molecular flexibility index (Phi) is 5.72. The Morgan fingerprint density at radius 2 is 1.85 bits per heavy atom. The summed E-state index contributed by atoms with van der Waals surface area (Å²) in [5.74, 6) is 0. The Morgan fingerprint density at radius 3 is 2.85 bits per heavy atom. The lowest BCUT2D eigenvalue weighted by molar-refractivity contribution is 0.290. The number of allylic oxidation sites excluding steroid dienone is 8. The third kappa shape index (κ3) is 4.86. The second-order valence-corrected chi connectivity index (χ2v) is 3.81. The second-order valence-electron chi connectivity index (χ2n) is 3.81. The highest BCUT2D eigenvalue weighted by molar-refractivity contribution is 6.25. The predicted octanol–water partition coefficient (Wildman–Crippen LogP) is 3.15. The van der Waals surface area contributed by atoms with Crippen LogP contribution in [0.3, 0.4) is 0 Å². The van der Waals surface area contributed by atoms with Crippen molar-refractivity contribution in [1.29, 1.82) is 0 Å². The first-order valence-electron chi connectivity index (χ1n) is 6.23. The number of ether oxygens (including phenoxy) is 1. The summed E-state index contributed by atoms with van der Waals surface area (Å²) in [5, 5.41) is 0. The molecular weight excluding hydrogens is 250 g/mol. The molecule has 1 aliphatic heterocycles. The van der Waals surface area contributed by atoms with Crippen LogP contribution in [0.15, 0.2) is 87.8 Å². The fourth-order valence-corrected chi connectivity index (χ4v) is 1.45. The molecule has 0 aromatic carbocycles. The number of aliphatic imine (C=N–C) groups is 3. The molecule has 0 radical (unpaired) electrons. The maximum absolute atomic E-state index is 5.24. The molecule has 0 saturated carbocycles. The quantitative estimate of drug-likeness (QED) is 0.663. The molecule has 100 valence electrons.